The molecule has 66 valence electrons. The minimum atomic E-state index is -4.31. The second-order valence-corrected chi connectivity index (χ2v) is 3.38. The summed E-state index contributed by atoms with van der Waals surface area (Å²) < 4.78 is 35.3. The van der Waals surface area contributed by atoms with Crippen molar-refractivity contribution in [2.75, 3.05) is 0 Å². The summed E-state index contributed by atoms with van der Waals surface area (Å²) in [6.45, 7) is 0. The lowest BCUT2D eigenvalue weighted by atomic mass is 10.5. The van der Waals surface area contributed by atoms with Gasteiger partial charge in [-0.1, -0.05) is 11.6 Å². The van der Waals surface area contributed by atoms with Gasteiger partial charge < -0.3 is 0 Å². The van der Waals surface area contributed by atoms with Crippen LogP contribution < -0.4 is 0 Å². The molecule has 0 aliphatic carbocycles. The van der Waals surface area contributed by atoms with Crippen molar-refractivity contribution in [3.63, 3.8) is 0 Å². The fraction of sp³-hybridized carbons (Fsp3) is 0.167. The van der Waals surface area contributed by atoms with Crippen molar-refractivity contribution in [2.24, 2.45) is 0 Å². The van der Waals surface area contributed by atoms with Gasteiger partial charge in [-0.15, -0.1) is 0 Å². The van der Waals surface area contributed by atoms with Gasteiger partial charge in [-0.25, -0.2) is 4.98 Å². The third kappa shape index (κ3) is 3.32. The molecule has 1 aromatic rings. The van der Waals surface area contributed by atoms with Gasteiger partial charge in [0, 0.05) is 23.0 Å². The van der Waals surface area contributed by atoms with Gasteiger partial charge in [0.05, 0.1) is 0 Å². The maximum absolute atomic E-state index is 11.8. The maximum atomic E-state index is 11.8. The van der Waals surface area contributed by atoms with E-state index >= 15 is 0 Å². The molecule has 12 heavy (non-hydrogen) atoms. The van der Waals surface area contributed by atoms with Gasteiger partial charge in [-0.05, 0) is 12.1 Å². The van der Waals surface area contributed by atoms with Gasteiger partial charge in [0.1, 0.15) is 5.03 Å². The Labute approximate surface area is 75.9 Å². The standard InChI is InChI=1S/C6H3ClF3NS/c7-4-1-2-11-5(3-4)12-6(8,9)10/h1-3H. The summed E-state index contributed by atoms with van der Waals surface area (Å²) in [4.78, 5) is 3.48. The first-order valence-electron chi connectivity index (χ1n) is 2.85. The quantitative estimate of drug-likeness (QED) is 0.664. The average molecular weight is 214 g/mol. The van der Waals surface area contributed by atoms with E-state index < -0.39 is 5.51 Å². The number of rotatable bonds is 1. The van der Waals surface area contributed by atoms with Gasteiger partial charge in [0.25, 0.3) is 0 Å². The molecule has 0 fully saturated rings. The summed E-state index contributed by atoms with van der Waals surface area (Å²) >= 11 is 5.17. The van der Waals surface area contributed by atoms with E-state index in [1.807, 2.05) is 0 Å². The van der Waals surface area contributed by atoms with E-state index in [9.17, 15) is 13.2 Å². The summed E-state index contributed by atoms with van der Waals surface area (Å²) in [5.74, 6) is 0. The van der Waals surface area contributed by atoms with E-state index in [0.717, 1.165) is 0 Å². The fourth-order valence-corrected chi connectivity index (χ4v) is 1.32. The molecule has 0 aliphatic rings. The van der Waals surface area contributed by atoms with Crippen LogP contribution in [0.2, 0.25) is 5.02 Å². The third-order valence-electron chi connectivity index (χ3n) is 0.917. The molecule has 1 rings (SSSR count). The molecule has 0 radical (unpaired) electrons. The van der Waals surface area contributed by atoms with Crippen LogP contribution in [0.1, 0.15) is 0 Å². The molecule has 1 heterocycles. The summed E-state index contributed by atoms with van der Waals surface area (Å²) in [5.41, 5.74) is -4.31. The highest BCUT2D eigenvalue weighted by atomic mass is 35.5. The highest BCUT2D eigenvalue weighted by molar-refractivity contribution is 8.00. The summed E-state index contributed by atoms with van der Waals surface area (Å²) in [7, 11) is 0. The highest BCUT2D eigenvalue weighted by Crippen LogP contribution is 2.36. The molecule has 0 amide bonds. The van der Waals surface area contributed by atoms with Crippen molar-refractivity contribution in [3.05, 3.63) is 23.4 Å². The minimum absolute atomic E-state index is 0.144. The van der Waals surface area contributed by atoms with Crippen molar-refractivity contribution in [2.45, 2.75) is 10.5 Å². The molecule has 6 heteroatoms. The predicted octanol–water partition coefficient (Wildman–Crippen LogP) is 3.35. The largest absolute Gasteiger partial charge is 0.447 e. The number of thioether (sulfide) groups is 1. The van der Waals surface area contributed by atoms with Crippen LogP contribution in [-0.2, 0) is 0 Å². The molecule has 1 aromatic heterocycles. The van der Waals surface area contributed by atoms with Crippen molar-refractivity contribution in [3.8, 4) is 0 Å². The van der Waals surface area contributed by atoms with Crippen molar-refractivity contribution >= 4 is 23.4 Å². The van der Waals surface area contributed by atoms with E-state index in [1.54, 1.807) is 0 Å². The van der Waals surface area contributed by atoms with Crippen LogP contribution in [0.3, 0.4) is 0 Å². The summed E-state index contributed by atoms with van der Waals surface area (Å²) in [6.07, 6.45) is 1.23. The Kier molecular flexibility index (Phi) is 2.85. The molecule has 1 nitrogen and oxygen atoms in total. The molecule has 0 spiro atoms. The number of hydrogen-bond acceptors (Lipinski definition) is 2. The average Bonchev–Trinajstić information content (AvgIpc) is 1.82. The zero-order valence-corrected chi connectivity index (χ0v) is 7.17. The lowest BCUT2D eigenvalue weighted by molar-refractivity contribution is -0.0329. The molecule has 0 aromatic carbocycles. The Hall–Kier alpha value is -0.420. The second-order valence-electron chi connectivity index (χ2n) is 1.86. The monoisotopic (exact) mass is 213 g/mol. The first kappa shape index (κ1) is 9.67. The van der Waals surface area contributed by atoms with Crippen LogP contribution in [0.25, 0.3) is 0 Å². The number of nitrogens with zero attached hydrogens (tertiary/aromatic N) is 1. The number of hydrogen-bond donors (Lipinski definition) is 0. The minimum Gasteiger partial charge on any atom is -0.250 e. The second kappa shape index (κ2) is 3.53. The Bertz CT molecular complexity index is 276. The van der Waals surface area contributed by atoms with Gasteiger partial charge >= 0.3 is 5.51 Å². The van der Waals surface area contributed by atoms with Crippen molar-refractivity contribution in [1.82, 2.24) is 4.98 Å². The fourth-order valence-electron chi connectivity index (χ4n) is 0.560. The number of alkyl halides is 3. The first-order chi connectivity index (χ1) is 5.47. The molecule has 0 N–H and O–H groups in total. The predicted molar refractivity (Wildman–Crippen MR) is 41.2 cm³/mol. The smallest absolute Gasteiger partial charge is 0.250 e. The zero-order valence-electron chi connectivity index (χ0n) is 5.60. The zero-order chi connectivity index (χ0) is 9.19. The topological polar surface area (TPSA) is 12.9 Å². The molecule has 0 bridgehead atoms. The van der Waals surface area contributed by atoms with Crippen molar-refractivity contribution in [1.29, 1.82) is 0 Å². The van der Waals surface area contributed by atoms with Crippen LogP contribution in [0.15, 0.2) is 23.4 Å². The van der Waals surface area contributed by atoms with Crippen LogP contribution >= 0.6 is 23.4 Å². The molecular weight excluding hydrogens is 211 g/mol. The van der Waals surface area contributed by atoms with E-state index in [1.165, 1.54) is 18.3 Å². The van der Waals surface area contributed by atoms with Crippen molar-refractivity contribution < 1.29 is 13.2 Å². The SMILES string of the molecule is FC(F)(F)Sc1cc(Cl)ccn1. The highest BCUT2D eigenvalue weighted by Gasteiger charge is 2.29. The molecule has 0 aliphatic heterocycles. The molecular formula is C6H3ClF3NS. The van der Waals surface area contributed by atoms with Crippen LogP contribution in [-0.4, -0.2) is 10.5 Å². The Morgan fingerprint density at radius 2 is 2.08 bits per heavy atom. The molecule has 0 atom stereocenters. The first-order valence-corrected chi connectivity index (χ1v) is 4.04. The summed E-state index contributed by atoms with van der Waals surface area (Å²) in [5, 5.41) is 0.103. The normalized spacial score (nSPS) is 11.7. The van der Waals surface area contributed by atoms with Gasteiger partial charge in [-0.2, -0.15) is 13.2 Å². The Morgan fingerprint density at radius 3 is 2.58 bits per heavy atom. The Morgan fingerprint density at radius 1 is 1.42 bits per heavy atom. The summed E-state index contributed by atoms with van der Waals surface area (Å²) in [6, 6.07) is 2.59. The number of aromatic nitrogens is 1. The van der Waals surface area contributed by atoms with E-state index in [0.29, 0.717) is 0 Å². The molecule has 0 saturated heterocycles. The lowest BCUT2D eigenvalue weighted by Gasteiger charge is -2.03. The lowest BCUT2D eigenvalue weighted by Crippen LogP contribution is -1.99. The van der Waals surface area contributed by atoms with E-state index in [2.05, 4.69) is 4.98 Å². The van der Waals surface area contributed by atoms with E-state index in [4.69, 9.17) is 11.6 Å². The van der Waals surface area contributed by atoms with Crippen LogP contribution in [0.5, 0.6) is 0 Å². The van der Waals surface area contributed by atoms with Gasteiger partial charge in [0.2, 0.25) is 0 Å². The van der Waals surface area contributed by atoms with Crippen LogP contribution in [0.4, 0.5) is 13.2 Å². The molecule has 0 saturated carbocycles. The van der Waals surface area contributed by atoms with Gasteiger partial charge in [-0.3, -0.25) is 0 Å². The third-order valence-corrected chi connectivity index (χ3v) is 1.82. The number of pyridine rings is 1. The van der Waals surface area contributed by atoms with Crippen LogP contribution in [0, 0.1) is 0 Å². The molecule has 0 unspecified atom stereocenters. The van der Waals surface area contributed by atoms with E-state index in [-0.39, 0.29) is 21.8 Å². The van der Waals surface area contributed by atoms with Gasteiger partial charge in [0.15, 0.2) is 0 Å². The Balaban J connectivity index is 2.77. The number of halogens is 4. The maximum Gasteiger partial charge on any atom is 0.447 e.